The lowest BCUT2D eigenvalue weighted by Gasteiger charge is -2.29. The standard InChI is InChI=1S/C20H20N4O/c25-20(23-12-9-17-6-1-2-7-18(17)15-23)22-19-8-3-5-16(13-19)14-24-11-4-10-21-24/h1-8,10-11,13H,9,12,14-15H2,(H,22,25). The molecule has 1 aliphatic rings. The second-order valence-electron chi connectivity index (χ2n) is 6.27. The van der Waals surface area contributed by atoms with Gasteiger partial charge in [0.15, 0.2) is 0 Å². The minimum absolute atomic E-state index is 0.0502. The van der Waals surface area contributed by atoms with Gasteiger partial charge in [0.25, 0.3) is 0 Å². The predicted molar refractivity (Wildman–Crippen MR) is 97.3 cm³/mol. The van der Waals surface area contributed by atoms with E-state index in [1.165, 1.54) is 11.1 Å². The first-order valence-corrected chi connectivity index (χ1v) is 8.47. The third-order valence-electron chi connectivity index (χ3n) is 4.50. The van der Waals surface area contributed by atoms with E-state index in [-0.39, 0.29) is 6.03 Å². The van der Waals surface area contributed by atoms with Gasteiger partial charge < -0.3 is 10.2 Å². The summed E-state index contributed by atoms with van der Waals surface area (Å²) in [6.07, 6.45) is 4.60. The molecule has 5 heteroatoms. The van der Waals surface area contributed by atoms with E-state index in [9.17, 15) is 4.79 Å². The maximum atomic E-state index is 12.6. The van der Waals surface area contributed by atoms with Gasteiger partial charge in [-0.05, 0) is 41.3 Å². The van der Waals surface area contributed by atoms with Crippen molar-refractivity contribution in [3.8, 4) is 0 Å². The van der Waals surface area contributed by atoms with Crippen LogP contribution in [-0.4, -0.2) is 27.3 Å². The lowest BCUT2D eigenvalue weighted by molar-refractivity contribution is 0.206. The highest BCUT2D eigenvalue weighted by Gasteiger charge is 2.20. The van der Waals surface area contributed by atoms with Crippen molar-refractivity contribution in [2.75, 3.05) is 11.9 Å². The molecule has 1 aromatic heterocycles. The Labute approximate surface area is 146 Å². The van der Waals surface area contributed by atoms with Crippen LogP contribution in [0.3, 0.4) is 0 Å². The van der Waals surface area contributed by atoms with Crippen LogP contribution in [0.15, 0.2) is 67.0 Å². The maximum Gasteiger partial charge on any atom is 0.322 e. The number of hydrogen-bond donors (Lipinski definition) is 1. The zero-order valence-corrected chi connectivity index (χ0v) is 13.9. The molecule has 0 fully saturated rings. The van der Waals surface area contributed by atoms with Crippen LogP contribution in [0, 0.1) is 0 Å². The quantitative estimate of drug-likeness (QED) is 0.798. The zero-order chi connectivity index (χ0) is 17.1. The van der Waals surface area contributed by atoms with Gasteiger partial charge in [-0.1, -0.05) is 36.4 Å². The highest BCUT2D eigenvalue weighted by molar-refractivity contribution is 5.89. The van der Waals surface area contributed by atoms with Crippen LogP contribution in [-0.2, 0) is 19.5 Å². The van der Waals surface area contributed by atoms with Crippen molar-refractivity contribution in [2.45, 2.75) is 19.5 Å². The number of fused-ring (bicyclic) bond motifs is 1. The van der Waals surface area contributed by atoms with Crippen LogP contribution in [0.1, 0.15) is 16.7 Å². The molecular weight excluding hydrogens is 312 g/mol. The summed E-state index contributed by atoms with van der Waals surface area (Å²) in [6.45, 7) is 2.10. The van der Waals surface area contributed by atoms with E-state index in [1.807, 2.05) is 52.2 Å². The van der Waals surface area contributed by atoms with Gasteiger partial charge in [0.1, 0.15) is 0 Å². The molecule has 2 aromatic carbocycles. The molecule has 0 saturated carbocycles. The fraction of sp³-hybridized carbons (Fsp3) is 0.200. The molecule has 3 aromatic rings. The number of anilines is 1. The third kappa shape index (κ3) is 3.55. The van der Waals surface area contributed by atoms with Gasteiger partial charge >= 0.3 is 6.03 Å². The summed E-state index contributed by atoms with van der Waals surface area (Å²) in [6, 6.07) is 18.1. The SMILES string of the molecule is O=C(Nc1cccc(Cn2cccn2)c1)N1CCc2ccccc2C1. The van der Waals surface area contributed by atoms with Crippen molar-refractivity contribution in [1.82, 2.24) is 14.7 Å². The molecule has 5 nitrogen and oxygen atoms in total. The van der Waals surface area contributed by atoms with E-state index >= 15 is 0 Å². The largest absolute Gasteiger partial charge is 0.322 e. The number of nitrogens with one attached hydrogen (secondary N) is 1. The molecular formula is C20H20N4O. The Morgan fingerprint density at radius 1 is 1.08 bits per heavy atom. The molecule has 4 rings (SSSR count). The number of carbonyl (C=O) groups is 1. The molecule has 25 heavy (non-hydrogen) atoms. The van der Waals surface area contributed by atoms with Gasteiger partial charge in [-0.15, -0.1) is 0 Å². The highest BCUT2D eigenvalue weighted by Crippen LogP contribution is 2.20. The topological polar surface area (TPSA) is 50.2 Å². The molecule has 1 N–H and O–H groups in total. The van der Waals surface area contributed by atoms with Gasteiger partial charge in [0.2, 0.25) is 0 Å². The molecule has 1 aliphatic heterocycles. The highest BCUT2D eigenvalue weighted by atomic mass is 16.2. The number of carbonyl (C=O) groups excluding carboxylic acids is 1. The smallest absolute Gasteiger partial charge is 0.320 e. The summed E-state index contributed by atoms with van der Waals surface area (Å²) in [4.78, 5) is 14.5. The first-order valence-electron chi connectivity index (χ1n) is 8.47. The summed E-state index contributed by atoms with van der Waals surface area (Å²) in [5, 5.41) is 7.24. The van der Waals surface area contributed by atoms with Gasteiger partial charge in [-0.3, -0.25) is 4.68 Å². The Balaban J connectivity index is 1.43. The van der Waals surface area contributed by atoms with Gasteiger partial charge in [0.05, 0.1) is 6.54 Å². The number of benzene rings is 2. The van der Waals surface area contributed by atoms with E-state index in [0.29, 0.717) is 13.1 Å². The number of aromatic nitrogens is 2. The van der Waals surface area contributed by atoms with Crippen LogP contribution in [0.4, 0.5) is 10.5 Å². The summed E-state index contributed by atoms with van der Waals surface area (Å²) in [5.41, 5.74) is 4.49. The van der Waals surface area contributed by atoms with Gasteiger partial charge in [-0.2, -0.15) is 5.10 Å². The van der Waals surface area contributed by atoms with Crippen LogP contribution in [0.2, 0.25) is 0 Å². The monoisotopic (exact) mass is 332 g/mol. The Kier molecular flexibility index (Phi) is 4.21. The fourth-order valence-corrected chi connectivity index (χ4v) is 3.20. The van der Waals surface area contributed by atoms with E-state index in [0.717, 1.165) is 24.2 Å². The maximum absolute atomic E-state index is 12.6. The van der Waals surface area contributed by atoms with Crippen LogP contribution >= 0.6 is 0 Å². The number of amides is 2. The molecule has 0 atom stereocenters. The Morgan fingerprint density at radius 3 is 2.80 bits per heavy atom. The van der Waals surface area contributed by atoms with Crippen LogP contribution in [0.25, 0.3) is 0 Å². The minimum atomic E-state index is -0.0502. The van der Waals surface area contributed by atoms with Crippen molar-refractivity contribution in [1.29, 1.82) is 0 Å². The molecule has 0 radical (unpaired) electrons. The molecule has 2 amide bonds. The van der Waals surface area contributed by atoms with Crippen LogP contribution in [0.5, 0.6) is 0 Å². The number of urea groups is 1. The molecule has 0 aliphatic carbocycles. The summed E-state index contributed by atoms with van der Waals surface area (Å²) in [5.74, 6) is 0. The first kappa shape index (κ1) is 15.4. The third-order valence-corrected chi connectivity index (χ3v) is 4.50. The minimum Gasteiger partial charge on any atom is -0.320 e. The number of hydrogen-bond acceptors (Lipinski definition) is 2. The van der Waals surface area contributed by atoms with E-state index < -0.39 is 0 Å². The first-order chi connectivity index (χ1) is 12.3. The summed E-state index contributed by atoms with van der Waals surface area (Å²) < 4.78 is 1.86. The molecule has 0 saturated heterocycles. The van der Waals surface area contributed by atoms with Crippen molar-refractivity contribution < 1.29 is 4.79 Å². The predicted octanol–water partition coefficient (Wildman–Crippen LogP) is 3.52. The van der Waals surface area contributed by atoms with Crippen molar-refractivity contribution in [3.05, 3.63) is 83.7 Å². The Hall–Kier alpha value is -3.08. The van der Waals surface area contributed by atoms with Crippen LogP contribution < -0.4 is 5.32 Å². The van der Waals surface area contributed by atoms with Gasteiger partial charge in [0, 0.05) is 31.2 Å². The average Bonchev–Trinajstić information content (AvgIpc) is 3.14. The lowest BCUT2D eigenvalue weighted by atomic mass is 10.0. The number of nitrogens with zero attached hydrogens (tertiary/aromatic N) is 3. The van der Waals surface area contributed by atoms with Gasteiger partial charge in [-0.25, -0.2) is 4.79 Å². The lowest BCUT2D eigenvalue weighted by Crippen LogP contribution is -2.38. The second kappa shape index (κ2) is 6.81. The molecule has 0 spiro atoms. The summed E-state index contributed by atoms with van der Waals surface area (Å²) in [7, 11) is 0. The Morgan fingerprint density at radius 2 is 1.96 bits per heavy atom. The summed E-state index contributed by atoms with van der Waals surface area (Å²) >= 11 is 0. The van der Waals surface area contributed by atoms with E-state index in [1.54, 1.807) is 6.20 Å². The van der Waals surface area contributed by atoms with E-state index in [4.69, 9.17) is 0 Å². The average molecular weight is 332 g/mol. The molecule has 2 heterocycles. The molecule has 0 unspecified atom stereocenters. The van der Waals surface area contributed by atoms with Crippen molar-refractivity contribution in [2.24, 2.45) is 0 Å². The Bertz CT molecular complexity index is 873. The second-order valence-corrected chi connectivity index (χ2v) is 6.27. The fourth-order valence-electron chi connectivity index (χ4n) is 3.20. The number of rotatable bonds is 3. The van der Waals surface area contributed by atoms with E-state index in [2.05, 4.69) is 28.6 Å². The van der Waals surface area contributed by atoms with Crippen molar-refractivity contribution in [3.63, 3.8) is 0 Å². The molecule has 126 valence electrons. The normalized spacial score (nSPS) is 13.4. The molecule has 0 bridgehead atoms. The zero-order valence-electron chi connectivity index (χ0n) is 13.9. The van der Waals surface area contributed by atoms with Crippen molar-refractivity contribution >= 4 is 11.7 Å².